The molecule has 4 heteroatoms. The Labute approximate surface area is 59.8 Å². The Morgan fingerprint density at radius 1 is 1.70 bits per heavy atom. The Morgan fingerprint density at radius 2 is 2.40 bits per heavy atom. The summed E-state index contributed by atoms with van der Waals surface area (Å²) in [6, 6.07) is 0. The van der Waals surface area contributed by atoms with Crippen LogP contribution in [0.1, 0.15) is 13.3 Å². The SMILES string of the molecule is C[C@]1(NO)CCOC[C@@H]1O. The molecule has 0 saturated carbocycles. The molecule has 60 valence electrons. The molecule has 2 atom stereocenters. The second kappa shape index (κ2) is 2.84. The second-order valence-corrected chi connectivity index (χ2v) is 2.87. The third-order valence-corrected chi connectivity index (χ3v) is 2.03. The number of hydroxylamine groups is 1. The van der Waals surface area contributed by atoms with Crippen molar-refractivity contribution in [3.05, 3.63) is 0 Å². The van der Waals surface area contributed by atoms with Gasteiger partial charge in [-0.15, -0.1) is 0 Å². The Balaban J connectivity index is 2.54. The lowest BCUT2D eigenvalue weighted by Gasteiger charge is -2.36. The number of hydrogen-bond acceptors (Lipinski definition) is 4. The average Bonchev–Trinajstić information content (AvgIpc) is 1.96. The normalized spacial score (nSPS) is 41.7. The molecule has 0 spiro atoms. The number of ether oxygens (including phenoxy) is 1. The van der Waals surface area contributed by atoms with Crippen molar-refractivity contribution in [1.29, 1.82) is 0 Å². The van der Waals surface area contributed by atoms with Crippen LogP contribution < -0.4 is 5.48 Å². The maximum absolute atomic E-state index is 9.28. The standard InChI is InChI=1S/C6H13NO3/c1-6(7-9)2-3-10-4-5(6)8/h5,7-9H,2-4H2,1H3/t5-,6-/m0/s1. The Morgan fingerprint density at radius 3 is 2.80 bits per heavy atom. The van der Waals surface area contributed by atoms with Gasteiger partial charge in [0.1, 0.15) is 0 Å². The highest BCUT2D eigenvalue weighted by atomic mass is 16.5. The molecule has 0 aromatic heterocycles. The van der Waals surface area contributed by atoms with Crippen LogP contribution in [0.3, 0.4) is 0 Å². The van der Waals surface area contributed by atoms with E-state index in [2.05, 4.69) is 5.48 Å². The molecule has 1 aliphatic heterocycles. The zero-order chi connectivity index (χ0) is 7.61. The first-order chi connectivity index (χ1) is 4.69. The van der Waals surface area contributed by atoms with Gasteiger partial charge in [-0.1, -0.05) is 0 Å². The summed E-state index contributed by atoms with van der Waals surface area (Å²) in [7, 11) is 0. The van der Waals surface area contributed by atoms with Crippen LogP contribution in [0.2, 0.25) is 0 Å². The van der Waals surface area contributed by atoms with Crippen molar-refractivity contribution in [2.24, 2.45) is 0 Å². The van der Waals surface area contributed by atoms with Crippen molar-refractivity contribution in [2.75, 3.05) is 13.2 Å². The van der Waals surface area contributed by atoms with Crippen LogP contribution in [0.15, 0.2) is 0 Å². The summed E-state index contributed by atoms with van der Waals surface area (Å²) in [5.41, 5.74) is 1.51. The number of nitrogens with one attached hydrogen (secondary N) is 1. The highest BCUT2D eigenvalue weighted by Crippen LogP contribution is 2.19. The predicted molar refractivity (Wildman–Crippen MR) is 34.8 cm³/mol. The molecule has 1 saturated heterocycles. The molecule has 3 N–H and O–H groups in total. The third-order valence-electron chi connectivity index (χ3n) is 2.03. The van der Waals surface area contributed by atoms with Crippen molar-refractivity contribution in [2.45, 2.75) is 25.0 Å². The van der Waals surface area contributed by atoms with E-state index in [9.17, 15) is 5.11 Å². The van der Waals surface area contributed by atoms with E-state index in [1.54, 1.807) is 6.92 Å². The first kappa shape index (κ1) is 7.94. The molecular weight excluding hydrogens is 134 g/mol. The highest BCUT2D eigenvalue weighted by molar-refractivity contribution is 4.89. The minimum atomic E-state index is -0.619. The fourth-order valence-corrected chi connectivity index (χ4v) is 0.960. The maximum Gasteiger partial charge on any atom is 0.0975 e. The second-order valence-electron chi connectivity index (χ2n) is 2.87. The van der Waals surface area contributed by atoms with Crippen LogP contribution in [0.25, 0.3) is 0 Å². The van der Waals surface area contributed by atoms with E-state index in [-0.39, 0.29) is 0 Å². The average molecular weight is 147 g/mol. The molecule has 1 heterocycles. The summed E-state index contributed by atoms with van der Waals surface area (Å²) in [5.74, 6) is 0. The number of aliphatic hydroxyl groups excluding tert-OH is 1. The quantitative estimate of drug-likeness (QED) is 0.438. The summed E-state index contributed by atoms with van der Waals surface area (Å²) in [5, 5.41) is 17.9. The largest absolute Gasteiger partial charge is 0.389 e. The van der Waals surface area contributed by atoms with Gasteiger partial charge in [-0.3, -0.25) is 0 Å². The van der Waals surface area contributed by atoms with Crippen molar-refractivity contribution in [3.8, 4) is 0 Å². The van der Waals surface area contributed by atoms with Gasteiger partial charge in [0.25, 0.3) is 0 Å². The van der Waals surface area contributed by atoms with Crippen molar-refractivity contribution < 1.29 is 15.1 Å². The fraction of sp³-hybridized carbons (Fsp3) is 1.00. The third kappa shape index (κ3) is 1.29. The topological polar surface area (TPSA) is 61.7 Å². The zero-order valence-electron chi connectivity index (χ0n) is 6.00. The van der Waals surface area contributed by atoms with Crippen LogP contribution in [0.5, 0.6) is 0 Å². The van der Waals surface area contributed by atoms with Crippen LogP contribution in [0.4, 0.5) is 0 Å². The minimum absolute atomic E-state index is 0.296. The van der Waals surface area contributed by atoms with Crippen LogP contribution in [-0.4, -0.2) is 35.2 Å². The van der Waals surface area contributed by atoms with E-state index in [0.29, 0.717) is 19.6 Å². The monoisotopic (exact) mass is 147 g/mol. The van der Waals surface area contributed by atoms with E-state index in [1.165, 1.54) is 0 Å². The lowest BCUT2D eigenvalue weighted by atomic mass is 9.91. The molecule has 0 unspecified atom stereocenters. The van der Waals surface area contributed by atoms with Gasteiger partial charge < -0.3 is 15.1 Å². The van der Waals surface area contributed by atoms with E-state index in [0.717, 1.165) is 0 Å². The number of rotatable bonds is 1. The smallest absolute Gasteiger partial charge is 0.0975 e. The van der Waals surface area contributed by atoms with E-state index >= 15 is 0 Å². The van der Waals surface area contributed by atoms with Gasteiger partial charge >= 0.3 is 0 Å². The van der Waals surface area contributed by atoms with Crippen LogP contribution in [0, 0.1) is 0 Å². The van der Waals surface area contributed by atoms with E-state index < -0.39 is 11.6 Å². The molecule has 0 aromatic rings. The maximum atomic E-state index is 9.28. The van der Waals surface area contributed by atoms with Gasteiger partial charge in [0.15, 0.2) is 0 Å². The molecule has 10 heavy (non-hydrogen) atoms. The molecular formula is C6H13NO3. The summed E-state index contributed by atoms with van der Waals surface area (Å²) in [4.78, 5) is 0. The van der Waals surface area contributed by atoms with Gasteiger partial charge in [0.05, 0.1) is 18.2 Å². The highest BCUT2D eigenvalue weighted by Gasteiger charge is 2.35. The Hall–Kier alpha value is -0.160. The number of hydrogen-bond donors (Lipinski definition) is 3. The summed E-state index contributed by atoms with van der Waals surface area (Å²) in [6.07, 6.45) is 0.0104. The van der Waals surface area contributed by atoms with E-state index in [1.807, 2.05) is 0 Å². The summed E-state index contributed by atoms with van der Waals surface area (Å²) >= 11 is 0. The van der Waals surface area contributed by atoms with Gasteiger partial charge in [-0.25, -0.2) is 0 Å². The van der Waals surface area contributed by atoms with Gasteiger partial charge in [-0.2, -0.15) is 5.48 Å². The lowest BCUT2D eigenvalue weighted by molar-refractivity contribution is -0.104. The minimum Gasteiger partial charge on any atom is -0.389 e. The van der Waals surface area contributed by atoms with E-state index in [4.69, 9.17) is 9.94 Å². The molecule has 0 aromatic carbocycles. The molecule has 1 rings (SSSR count). The van der Waals surface area contributed by atoms with Crippen molar-refractivity contribution in [1.82, 2.24) is 5.48 Å². The van der Waals surface area contributed by atoms with Crippen LogP contribution >= 0.6 is 0 Å². The molecule has 0 amide bonds. The predicted octanol–water partition coefficient (Wildman–Crippen LogP) is -0.495. The number of aliphatic hydroxyl groups is 1. The lowest BCUT2D eigenvalue weighted by Crippen LogP contribution is -2.55. The first-order valence-electron chi connectivity index (χ1n) is 3.36. The first-order valence-corrected chi connectivity index (χ1v) is 3.36. The summed E-state index contributed by atoms with van der Waals surface area (Å²) in [6.45, 7) is 2.64. The Kier molecular flexibility index (Phi) is 2.25. The zero-order valence-corrected chi connectivity index (χ0v) is 6.00. The van der Waals surface area contributed by atoms with Gasteiger partial charge in [0, 0.05) is 6.61 Å². The van der Waals surface area contributed by atoms with Crippen LogP contribution in [-0.2, 0) is 4.74 Å². The van der Waals surface area contributed by atoms with Gasteiger partial charge in [-0.05, 0) is 13.3 Å². The molecule has 0 aliphatic carbocycles. The van der Waals surface area contributed by atoms with Crippen molar-refractivity contribution in [3.63, 3.8) is 0 Å². The fourth-order valence-electron chi connectivity index (χ4n) is 0.960. The molecule has 4 nitrogen and oxygen atoms in total. The van der Waals surface area contributed by atoms with Gasteiger partial charge in [0.2, 0.25) is 0 Å². The molecule has 1 fully saturated rings. The molecule has 0 radical (unpaired) electrons. The Bertz CT molecular complexity index is 120. The molecule has 0 bridgehead atoms. The van der Waals surface area contributed by atoms with Crippen molar-refractivity contribution >= 4 is 0 Å². The molecule has 1 aliphatic rings. The summed E-state index contributed by atoms with van der Waals surface area (Å²) < 4.78 is 4.98.